The van der Waals surface area contributed by atoms with E-state index >= 15 is 0 Å². The Hall–Kier alpha value is -0.220. The monoisotopic (exact) mass is 241 g/mol. The first-order valence-electron chi connectivity index (χ1n) is 6.45. The topological polar surface area (TPSA) is 27.6 Å². The second-order valence-electron chi connectivity index (χ2n) is 4.90. The van der Waals surface area contributed by atoms with Crippen LogP contribution in [-0.2, 0) is 0 Å². The Balaban J connectivity index is 1.68. The molecule has 0 saturated carbocycles. The van der Waals surface area contributed by atoms with Crippen LogP contribution >= 0.6 is 11.8 Å². The third-order valence-corrected chi connectivity index (χ3v) is 4.42. The first-order chi connectivity index (χ1) is 7.75. The SMILES string of the molecule is CC1CN=C(NCC(C)N2CCCCC2)S1. The molecule has 0 amide bonds. The lowest BCUT2D eigenvalue weighted by atomic mass is 10.1. The van der Waals surface area contributed by atoms with Crippen molar-refractivity contribution in [2.24, 2.45) is 4.99 Å². The van der Waals surface area contributed by atoms with E-state index in [0.717, 1.165) is 18.3 Å². The fourth-order valence-corrected chi connectivity index (χ4v) is 3.14. The maximum absolute atomic E-state index is 4.48. The Bertz CT molecular complexity index is 249. The average Bonchev–Trinajstić information content (AvgIpc) is 2.73. The number of aliphatic imine (C=N–C) groups is 1. The van der Waals surface area contributed by atoms with Gasteiger partial charge >= 0.3 is 0 Å². The van der Waals surface area contributed by atoms with Crippen LogP contribution in [0, 0.1) is 0 Å². The largest absolute Gasteiger partial charge is 0.363 e. The molecule has 0 radical (unpaired) electrons. The predicted molar refractivity (Wildman–Crippen MR) is 72.2 cm³/mol. The molecule has 0 bridgehead atoms. The summed E-state index contributed by atoms with van der Waals surface area (Å²) in [5, 5.41) is 5.29. The minimum Gasteiger partial charge on any atom is -0.363 e. The van der Waals surface area contributed by atoms with E-state index in [9.17, 15) is 0 Å². The van der Waals surface area contributed by atoms with Gasteiger partial charge in [0.25, 0.3) is 0 Å². The third-order valence-electron chi connectivity index (χ3n) is 3.37. The minimum atomic E-state index is 0.638. The lowest BCUT2D eigenvalue weighted by Crippen LogP contribution is -2.43. The number of nitrogens with one attached hydrogen (secondary N) is 1. The smallest absolute Gasteiger partial charge is 0.156 e. The highest BCUT2D eigenvalue weighted by atomic mass is 32.2. The van der Waals surface area contributed by atoms with Gasteiger partial charge in [-0.15, -0.1) is 0 Å². The zero-order chi connectivity index (χ0) is 11.4. The van der Waals surface area contributed by atoms with Crippen LogP contribution < -0.4 is 5.32 Å². The average molecular weight is 241 g/mol. The summed E-state index contributed by atoms with van der Waals surface area (Å²) in [5.74, 6) is 0. The lowest BCUT2D eigenvalue weighted by Gasteiger charge is -2.32. The summed E-state index contributed by atoms with van der Waals surface area (Å²) in [5.41, 5.74) is 0. The van der Waals surface area contributed by atoms with E-state index in [-0.39, 0.29) is 0 Å². The minimum absolute atomic E-state index is 0.638. The van der Waals surface area contributed by atoms with Crippen LogP contribution in [0.3, 0.4) is 0 Å². The number of nitrogens with zero attached hydrogens (tertiary/aromatic N) is 2. The molecule has 1 fully saturated rings. The quantitative estimate of drug-likeness (QED) is 0.818. The fraction of sp³-hybridized carbons (Fsp3) is 0.917. The Morgan fingerprint density at radius 2 is 2.19 bits per heavy atom. The van der Waals surface area contributed by atoms with E-state index in [0.29, 0.717) is 11.3 Å². The van der Waals surface area contributed by atoms with Gasteiger partial charge in [-0.25, -0.2) is 0 Å². The maximum atomic E-state index is 4.48. The van der Waals surface area contributed by atoms with Gasteiger partial charge in [-0.05, 0) is 32.9 Å². The normalized spacial score (nSPS) is 28.9. The summed E-state index contributed by atoms with van der Waals surface area (Å²) < 4.78 is 0. The van der Waals surface area contributed by atoms with Gasteiger partial charge in [0.2, 0.25) is 0 Å². The Morgan fingerprint density at radius 3 is 2.81 bits per heavy atom. The van der Waals surface area contributed by atoms with Crippen molar-refractivity contribution in [3.05, 3.63) is 0 Å². The van der Waals surface area contributed by atoms with E-state index < -0.39 is 0 Å². The van der Waals surface area contributed by atoms with Gasteiger partial charge < -0.3 is 5.32 Å². The summed E-state index contributed by atoms with van der Waals surface area (Å²) in [7, 11) is 0. The highest BCUT2D eigenvalue weighted by Gasteiger charge is 2.19. The molecular weight excluding hydrogens is 218 g/mol. The molecule has 0 spiro atoms. The molecule has 2 unspecified atom stereocenters. The van der Waals surface area contributed by atoms with E-state index in [4.69, 9.17) is 0 Å². The Morgan fingerprint density at radius 1 is 1.44 bits per heavy atom. The van der Waals surface area contributed by atoms with Gasteiger partial charge in [0, 0.05) is 17.8 Å². The molecule has 92 valence electrons. The number of hydrogen-bond acceptors (Lipinski definition) is 4. The summed E-state index contributed by atoms with van der Waals surface area (Å²) in [4.78, 5) is 7.08. The third kappa shape index (κ3) is 3.39. The van der Waals surface area contributed by atoms with Gasteiger partial charge in [-0.3, -0.25) is 9.89 Å². The number of thioether (sulfide) groups is 1. The Kier molecular flexibility index (Phi) is 4.53. The zero-order valence-corrected chi connectivity index (χ0v) is 11.2. The Labute approximate surface area is 103 Å². The molecule has 4 heteroatoms. The van der Waals surface area contributed by atoms with Gasteiger partial charge in [0.05, 0.1) is 6.54 Å². The molecule has 2 atom stereocenters. The molecule has 3 nitrogen and oxygen atoms in total. The second-order valence-corrected chi connectivity index (χ2v) is 6.33. The van der Waals surface area contributed by atoms with Crippen molar-refractivity contribution in [1.82, 2.24) is 10.2 Å². The molecule has 2 heterocycles. The highest BCUT2D eigenvalue weighted by Crippen LogP contribution is 2.18. The maximum Gasteiger partial charge on any atom is 0.156 e. The first kappa shape index (κ1) is 12.2. The zero-order valence-electron chi connectivity index (χ0n) is 10.4. The number of rotatable bonds is 3. The van der Waals surface area contributed by atoms with Gasteiger partial charge in [0.1, 0.15) is 0 Å². The molecule has 0 aromatic carbocycles. The summed E-state index contributed by atoms with van der Waals surface area (Å²) in [6.07, 6.45) is 4.16. The van der Waals surface area contributed by atoms with E-state index in [1.165, 1.54) is 32.4 Å². The lowest BCUT2D eigenvalue weighted by molar-refractivity contribution is 0.175. The van der Waals surface area contributed by atoms with E-state index in [2.05, 4.69) is 29.1 Å². The van der Waals surface area contributed by atoms with Crippen molar-refractivity contribution in [1.29, 1.82) is 0 Å². The van der Waals surface area contributed by atoms with Crippen LogP contribution in [0.25, 0.3) is 0 Å². The van der Waals surface area contributed by atoms with Crippen LogP contribution in [-0.4, -0.2) is 47.5 Å². The number of likely N-dealkylation sites (tertiary alicyclic amines) is 1. The molecule has 2 aliphatic heterocycles. The van der Waals surface area contributed by atoms with Crippen molar-refractivity contribution >= 4 is 16.9 Å². The van der Waals surface area contributed by atoms with Crippen LogP contribution in [0.15, 0.2) is 4.99 Å². The van der Waals surface area contributed by atoms with Gasteiger partial charge in [-0.2, -0.15) is 0 Å². The van der Waals surface area contributed by atoms with Crippen molar-refractivity contribution in [3.63, 3.8) is 0 Å². The molecule has 2 rings (SSSR count). The molecule has 0 aromatic rings. The van der Waals surface area contributed by atoms with Crippen molar-refractivity contribution in [3.8, 4) is 0 Å². The van der Waals surface area contributed by atoms with Crippen LogP contribution in [0.2, 0.25) is 0 Å². The summed E-state index contributed by atoms with van der Waals surface area (Å²) in [6.45, 7) is 9.13. The van der Waals surface area contributed by atoms with E-state index in [1.807, 2.05) is 11.8 Å². The molecular formula is C12H23N3S. The molecule has 16 heavy (non-hydrogen) atoms. The van der Waals surface area contributed by atoms with Crippen LogP contribution in [0.5, 0.6) is 0 Å². The number of piperidine rings is 1. The predicted octanol–water partition coefficient (Wildman–Crippen LogP) is 1.94. The molecule has 1 saturated heterocycles. The fourth-order valence-electron chi connectivity index (χ4n) is 2.30. The van der Waals surface area contributed by atoms with Gasteiger partial charge in [-0.1, -0.05) is 25.1 Å². The van der Waals surface area contributed by atoms with Crippen molar-refractivity contribution in [2.75, 3.05) is 26.2 Å². The second kappa shape index (κ2) is 5.92. The molecule has 0 aliphatic carbocycles. The first-order valence-corrected chi connectivity index (χ1v) is 7.32. The van der Waals surface area contributed by atoms with Crippen LogP contribution in [0.4, 0.5) is 0 Å². The van der Waals surface area contributed by atoms with Crippen molar-refractivity contribution in [2.45, 2.75) is 44.4 Å². The van der Waals surface area contributed by atoms with Crippen molar-refractivity contribution < 1.29 is 0 Å². The van der Waals surface area contributed by atoms with E-state index in [1.54, 1.807) is 0 Å². The summed E-state index contributed by atoms with van der Waals surface area (Å²) >= 11 is 1.87. The number of amidine groups is 1. The summed E-state index contributed by atoms with van der Waals surface area (Å²) in [6, 6.07) is 0.638. The standard InChI is InChI=1S/C12H23N3S/c1-10(15-6-4-3-5-7-15)8-13-12-14-9-11(2)16-12/h10-11H,3-9H2,1-2H3,(H,13,14). The van der Waals surface area contributed by atoms with Crippen LogP contribution in [0.1, 0.15) is 33.1 Å². The van der Waals surface area contributed by atoms with Gasteiger partial charge in [0.15, 0.2) is 5.17 Å². The molecule has 2 aliphatic rings. The molecule has 0 aromatic heterocycles. The number of hydrogen-bond donors (Lipinski definition) is 1. The highest BCUT2D eigenvalue weighted by molar-refractivity contribution is 8.14. The molecule has 1 N–H and O–H groups in total.